The van der Waals surface area contributed by atoms with Crippen LogP contribution in [0.25, 0.3) is 0 Å². The van der Waals surface area contributed by atoms with E-state index in [2.05, 4.69) is 5.32 Å². The Bertz CT molecular complexity index is 77.4. The number of carboxylic acid groups (broad SMARTS) is 1. The molecule has 49 valence electrons. The third kappa shape index (κ3) is 11.8. The Morgan fingerprint density at radius 1 is 1.67 bits per heavy atom. The average molecular weight is 140 g/mol. The van der Waals surface area contributed by atoms with Gasteiger partial charge >= 0.3 is 5.97 Å². The Labute approximate surface area is 77.1 Å². The van der Waals surface area contributed by atoms with Gasteiger partial charge in [-0.25, -0.2) is 0 Å². The Hall–Kier alpha value is 0.430. The van der Waals surface area contributed by atoms with E-state index in [1.807, 2.05) is 7.05 Å². The van der Waals surface area contributed by atoms with Gasteiger partial charge in [0.2, 0.25) is 0 Å². The van der Waals surface area contributed by atoms with Gasteiger partial charge in [-0.3, -0.25) is 4.79 Å². The van der Waals surface area contributed by atoms with Crippen molar-refractivity contribution in [2.75, 3.05) is 13.6 Å². The van der Waals surface area contributed by atoms with Crippen molar-refractivity contribution in [2.24, 2.45) is 0 Å². The molecule has 9 heavy (non-hydrogen) atoms. The van der Waals surface area contributed by atoms with E-state index >= 15 is 0 Å². The standard InChI is InChI=1S/C5H11NO2.Na/c1-6-4-2-3-5(7)8;/h6H,2-4H2,1H3,(H,7,8);. The van der Waals surface area contributed by atoms with Gasteiger partial charge in [0.25, 0.3) is 0 Å². The zero-order valence-corrected chi connectivity index (χ0v) is 7.98. The van der Waals surface area contributed by atoms with E-state index in [9.17, 15) is 4.79 Å². The van der Waals surface area contributed by atoms with E-state index in [-0.39, 0.29) is 36.0 Å². The first-order valence-electron chi connectivity index (χ1n) is 2.63. The number of aliphatic carboxylic acids is 1. The van der Waals surface area contributed by atoms with Gasteiger partial charge in [0.05, 0.1) is 0 Å². The third-order valence-corrected chi connectivity index (χ3v) is 0.817. The molecule has 0 bridgehead atoms. The monoisotopic (exact) mass is 140 g/mol. The van der Waals surface area contributed by atoms with Crippen LogP contribution in [-0.2, 0) is 4.79 Å². The summed E-state index contributed by atoms with van der Waals surface area (Å²) in [5.74, 6) is -0.722. The van der Waals surface area contributed by atoms with Crippen molar-refractivity contribution in [3.8, 4) is 0 Å². The minimum absolute atomic E-state index is 0. The van der Waals surface area contributed by atoms with Crippen molar-refractivity contribution in [2.45, 2.75) is 12.8 Å². The van der Waals surface area contributed by atoms with E-state index in [1.165, 1.54) is 0 Å². The van der Waals surface area contributed by atoms with E-state index in [0.717, 1.165) is 6.54 Å². The molecule has 0 aliphatic heterocycles. The predicted molar refractivity (Wildman–Crippen MR) is 36.6 cm³/mol. The molecular formula is C5H11NNaO2. The topological polar surface area (TPSA) is 49.3 Å². The minimum Gasteiger partial charge on any atom is -0.481 e. The first kappa shape index (κ1) is 12.1. The van der Waals surface area contributed by atoms with Crippen molar-refractivity contribution in [3.05, 3.63) is 0 Å². The van der Waals surface area contributed by atoms with Gasteiger partial charge in [0, 0.05) is 36.0 Å². The van der Waals surface area contributed by atoms with Gasteiger partial charge in [0.15, 0.2) is 0 Å². The molecule has 1 radical (unpaired) electrons. The average Bonchev–Trinajstić information content (AvgIpc) is 1.66. The van der Waals surface area contributed by atoms with Gasteiger partial charge in [-0.05, 0) is 20.0 Å². The zero-order chi connectivity index (χ0) is 6.41. The summed E-state index contributed by atoms with van der Waals surface area (Å²) in [5.41, 5.74) is 0. The van der Waals surface area contributed by atoms with Gasteiger partial charge in [-0.15, -0.1) is 0 Å². The molecule has 0 atom stereocenters. The van der Waals surface area contributed by atoms with Crippen molar-refractivity contribution in [1.82, 2.24) is 5.32 Å². The quantitative estimate of drug-likeness (QED) is 0.416. The first-order chi connectivity index (χ1) is 3.77. The molecule has 0 fully saturated rings. The zero-order valence-electron chi connectivity index (χ0n) is 5.98. The van der Waals surface area contributed by atoms with Crippen LogP contribution in [0.5, 0.6) is 0 Å². The van der Waals surface area contributed by atoms with Gasteiger partial charge in [0.1, 0.15) is 0 Å². The van der Waals surface area contributed by atoms with Crippen LogP contribution >= 0.6 is 0 Å². The summed E-state index contributed by atoms with van der Waals surface area (Å²) >= 11 is 0. The Morgan fingerprint density at radius 3 is 2.56 bits per heavy atom. The van der Waals surface area contributed by atoms with E-state index < -0.39 is 5.97 Å². The maximum absolute atomic E-state index is 9.85. The van der Waals surface area contributed by atoms with Gasteiger partial charge in [-0.2, -0.15) is 0 Å². The second-order valence-corrected chi connectivity index (χ2v) is 1.60. The van der Waals surface area contributed by atoms with E-state index in [1.54, 1.807) is 0 Å². The van der Waals surface area contributed by atoms with Crippen molar-refractivity contribution in [1.29, 1.82) is 0 Å². The summed E-state index contributed by atoms with van der Waals surface area (Å²) in [5, 5.41) is 11.0. The van der Waals surface area contributed by atoms with Crippen LogP contribution in [0.15, 0.2) is 0 Å². The fourth-order valence-corrected chi connectivity index (χ4v) is 0.416. The van der Waals surface area contributed by atoms with E-state index in [4.69, 9.17) is 5.11 Å². The molecule has 4 heteroatoms. The summed E-state index contributed by atoms with van der Waals surface area (Å²) in [6.07, 6.45) is 0.979. The molecule has 0 spiro atoms. The molecular weight excluding hydrogens is 129 g/mol. The number of hydrogen-bond donors (Lipinski definition) is 2. The van der Waals surface area contributed by atoms with E-state index in [0.29, 0.717) is 6.42 Å². The molecule has 0 unspecified atom stereocenters. The number of nitrogens with one attached hydrogen (secondary N) is 1. The summed E-state index contributed by atoms with van der Waals surface area (Å²) in [7, 11) is 1.81. The number of carboxylic acids is 1. The van der Waals surface area contributed by atoms with Crippen molar-refractivity contribution in [3.63, 3.8) is 0 Å². The molecule has 0 aromatic rings. The third-order valence-electron chi connectivity index (χ3n) is 0.817. The smallest absolute Gasteiger partial charge is 0.303 e. The van der Waals surface area contributed by atoms with Crippen LogP contribution in [0.3, 0.4) is 0 Å². The van der Waals surface area contributed by atoms with Crippen LogP contribution in [-0.4, -0.2) is 54.2 Å². The first-order valence-corrected chi connectivity index (χ1v) is 2.63. The molecule has 0 aliphatic rings. The fourth-order valence-electron chi connectivity index (χ4n) is 0.416. The number of carbonyl (C=O) groups is 1. The Kier molecular flexibility index (Phi) is 11.4. The van der Waals surface area contributed by atoms with Crippen molar-refractivity contribution >= 4 is 35.5 Å². The molecule has 0 saturated carbocycles. The van der Waals surface area contributed by atoms with Crippen LogP contribution in [0.4, 0.5) is 0 Å². The largest absolute Gasteiger partial charge is 0.481 e. The van der Waals surface area contributed by atoms with Crippen LogP contribution in [0.1, 0.15) is 12.8 Å². The molecule has 0 aromatic carbocycles. The number of rotatable bonds is 4. The normalized spacial score (nSPS) is 8.11. The van der Waals surface area contributed by atoms with Gasteiger partial charge in [-0.1, -0.05) is 0 Å². The van der Waals surface area contributed by atoms with Crippen molar-refractivity contribution < 1.29 is 9.90 Å². The Morgan fingerprint density at radius 2 is 2.22 bits per heavy atom. The molecule has 0 heterocycles. The van der Waals surface area contributed by atoms with Crippen LogP contribution in [0.2, 0.25) is 0 Å². The summed E-state index contributed by atoms with van der Waals surface area (Å²) < 4.78 is 0. The second kappa shape index (κ2) is 8.43. The maximum Gasteiger partial charge on any atom is 0.303 e. The SMILES string of the molecule is CNCCCC(=O)O.[Na]. The summed E-state index contributed by atoms with van der Waals surface area (Å²) in [4.78, 5) is 9.85. The van der Waals surface area contributed by atoms with Crippen LogP contribution in [0, 0.1) is 0 Å². The Balaban J connectivity index is 0. The molecule has 0 saturated heterocycles. The second-order valence-electron chi connectivity index (χ2n) is 1.60. The maximum atomic E-state index is 9.85. The minimum atomic E-state index is -0.722. The predicted octanol–water partition coefficient (Wildman–Crippen LogP) is -0.310. The molecule has 0 rings (SSSR count). The molecule has 0 amide bonds. The summed E-state index contributed by atoms with van der Waals surface area (Å²) in [6.45, 7) is 0.784. The fraction of sp³-hybridized carbons (Fsp3) is 0.800. The summed E-state index contributed by atoms with van der Waals surface area (Å²) in [6, 6.07) is 0. The molecule has 0 aliphatic carbocycles. The van der Waals surface area contributed by atoms with Gasteiger partial charge < -0.3 is 10.4 Å². The van der Waals surface area contributed by atoms with Crippen LogP contribution < -0.4 is 5.32 Å². The molecule has 0 aromatic heterocycles. The number of hydrogen-bond acceptors (Lipinski definition) is 2. The molecule has 2 N–H and O–H groups in total. The molecule has 3 nitrogen and oxygen atoms in total.